The molecule has 3 heterocycles. The van der Waals surface area contributed by atoms with Crippen molar-refractivity contribution in [3.05, 3.63) is 57.5 Å². The van der Waals surface area contributed by atoms with Crippen molar-refractivity contribution in [2.24, 2.45) is 0 Å². The first-order chi connectivity index (χ1) is 19.4. The quantitative estimate of drug-likeness (QED) is 0.232. The SMILES string of the molecule is CCNC(=O)Nc1cc(-c2nc(C(F)(F)F)cs2)c(-c2cc3c(=O)c(C(=O)O)cn([C@@H](C)CO)c3cc2OC)cn1. The zero-order valence-corrected chi connectivity index (χ0v) is 22.7. The van der Waals surface area contributed by atoms with Gasteiger partial charge in [0, 0.05) is 52.5 Å². The fourth-order valence-electron chi connectivity index (χ4n) is 4.13. The van der Waals surface area contributed by atoms with Crippen molar-refractivity contribution in [1.82, 2.24) is 19.9 Å². The third kappa shape index (κ3) is 5.85. The molecule has 3 aromatic heterocycles. The Morgan fingerprint density at radius 3 is 2.51 bits per heavy atom. The molecule has 11 nitrogen and oxygen atoms in total. The number of carbonyl (C=O) groups excluding carboxylic acids is 1. The minimum Gasteiger partial charge on any atom is -0.496 e. The van der Waals surface area contributed by atoms with Crippen LogP contribution in [0.4, 0.5) is 23.8 Å². The fourth-order valence-corrected chi connectivity index (χ4v) is 4.98. The van der Waals surface area contributed by atoms with Gasteiger partial charge >= 0.3 is 18.2 Å². The highest BCUT2D eigenvalue weighted by Gasteiger charge is 2.34. The van der Waals surface area contributed by atoms with E-state index in [-0.39, 0.29) is 50.8 Å². The Balaban J connectivity index is 2.03. The van der Waals surface area contributed by atoms with E-state index in [1.54, 1.807) is 13.8 Å². The second kappa shape index (κ2) is 11.5. The summed E-state index contributed by atoms with van der Waals surface area (Å²) in [5.74, 6) is -1.27. The smallest absolute Gasteiger partial charge is 0.434 e. The monoisotopic (exact) mass is 591 g/mol. The van der Waals surface area contributed by atoms with E-state index in [9.17, 15) is 37.8 Å². The van der Waals surface area contributed by atoms with Crippen molar-refractivity contribution in [3.8, 4) is 27.4 Å². The Bertz CT molecular complexity index is 1700. The maximum absolute atomic E-state index is 13.4. The van der Waals surface area contributed by atoms with Crippen LogP contribution < -0.4 is 20.8 Å². The average Bonchev–Trinajstić information content (AvgIpc) is 3.43. The van der Waals surface area contributed by atoms with Gasteiger partial charge in [0.2, 0.25) is 5.43 Å². The molecule has 2 amide bonds. The molecule has 0 radical (unpaired) electrons. The summed E-state index contributed by atoms with van der Waals surface area (Å²) in [6.45, 7) is 3.28. The summed E-state index contributed by atoms with van der Waals surface area (Å²) in [7, 11) is 1.34. The number of carboxylic acid groups (broad SMARTS) is 1. The zero-order valence-electron chi connectivity index (χ0n) is 21.9. The number of nitrogens with zero attached hydrogens (tertiary/aromatic N) is 3. The maximum Gasteiger partial charge on any atom is 0.434 e. The summed E-state index contributed by atoms with van der Waals surface area (Å²) in [4.78, 5) is 45.1. The number of hydrogen-bond acceptors (Lipinski definition) is 8. The Morgan fingerprint density at radius 1 is 1.20 bits per heavy atom. The molecule has 4 aromatic rings. The fraction of sp³-hybridized carbons (Fsp3) is 0.269. The lowest BCUT2D eigenvalue weighted by molar-refractivity contribution is -0.140. The molecule has 0 aliphatic rings. The molecule has 0 unspecified atom stereocenters. The van der Waals surface area contributed by atoms with Crippen molar-refractivity contribution in [3.63, 3.8) is 0 Å². The molecule has 4 rings (SSSR count). The van der Waals surface area contributed by atoms with Gasteiger partial charge in [-0.25, -0.2) is 19.6 Å². The van der Waals surface area contributed by atoms with Gasteiger partial charge in [-0.05, 0) is 26.0 Å². The van der Waals surface area contributed by atoms with Gasteiger partial charge in [-0.1, -0.05) is 0 Å². The number of alkyl halides is 3. The predicted molar refractivity (Wildman–Crippen MR) is 146 cm³/mol. The minimum absolute atomic E-state index is 0.0190. The van der Waals surface area contributed by atoms with E-state index in [2.05, 4.69) is 20.6 Å². The van der Waals surface area contributed by atoms with Crippen LogP contribution in [-0.2, 0) is 6.18 Å². The lowest BCUT2D eigenvalue weighted by atomic mass is 9.98. The molecular formula is C26H24F3N5O6S. The highest BCUT2D eigenvalue weighted by Crippen LogP contribution is 2.42. The first-order valence-electron chi connectivity index (χ1n) is 12.1. The van der Waals surface area contributed by atoms with Crippen LogP contribution in [0, 0.1) is 0 Å². The van der Waals surface area contributed by atoms with Crippen molar-refractivity contribution >= 4 is 40.1 Å². The second-order valence-corrected chi connectivity index (χ2v) is 9.68. The Labute approximate surface area is 234 Å². The van der Waals surface area contributed by atoms with Gasteiger partial charge in [0.1, 0.15) is 22.1 Å². The summed E-state index contributed by atoms with van der Waals surface area (Å²) in [6.07, 6.45) is -2.28. The Kier molecular flexibility index (Phi) is 8.30. The number of aliphatic hydroxyl groups is 1. The number of aromatic nitrogens is 3. The van der Waals surface area contributed by atoms with Crippen LogP contribution in [0.2, 0.25) is 0 Å². The topological polar surface area (TPSA) is 156 Å². The number of pyridine rings is 2. The number of halogens is 3. The summed E-state index contributed by atoms with van der Waals surface area (Å²) < 4.78 is 47.2. The van der Waals surface area contributed by atoms with E-state index < -0.39 is 40.9 Å². The molecule has 0 aliphatic heterocycles. The number of nitrogens with one attached hydrogen (secondary N) is 2. The summed E-state index contributed by atoms with van der Waals surface area (Å²) in [5.41, 5.74) is -1.65. The van der Waals surface area contributed by atoms with Gasteiger partial charge < -0.3 is 24.8 Å². The molecule has 0 saturated heterocycles. The number of fused-ring (bicyclic) bond motifs is 1. The normalized spacial score (nSPS) is 12.3. The van der Waals surface area contributed by atoms with E-state index in [1.807, 2.05) is 0 Å². The van der Waals surface area contributed by atoms with Crippen LogP contribution in [0.1, 0.15) is 35.9 Å². The molecule has 216 valence electrons. The van der Waals surface area contributed by atoms with Gasteiger partial charge in [0.15, 0.2) is 5.69 Å². The molecule has 4 N–H and O–H groups in total. The van der Waals surface area contributed by atoms with Crippen molar-refractivity contribution in [2.75, 3.05) is 25.6 Å². The molecule has 0 saturated carbocycles. The van der Waals surface area contributed by atoms with Crippen molar-refractivity contribution < 1.29 is 37.7 Å². The van der Waals surface area contributed by atoms with E-state index in [0.717, 1.165) is 11.6 Å². The predicted octanol–water partition coefficient (Wildman–Crippen LogP) is 4.61. The number of amides is 2. The number of aromatic carboxylic acids is 1. The standard InChI is InChI=1S/C26H24F3N5O6S/c1-4-30-25(39)33-21-6-14(23-32-20(11-41-23)26(27,28)29)16(8-31-21)13-5-15-18(7-19(13)40-3)34(12(2)10-35)9-17(22(15)36)24(37)38/h5-9,11-12,35H,4,10H2,1-3H3,(H,37,38)(H2,30,31,33,39)/t12-/m0/s1. The molecule has 1 aromatic carbocycles. The van der Waals surface area contributed by atoms with E-state index in [4.69, 9.17) is 4.74 Å². The number of rotatable bonds is 8. The number of carbonyl (C=O) groups is 2. The number of hydrogen-bond donors (Lipinski definition) is 4. The zero-order chi connectivity index (χ0) is 30.1. The molecule has 0 spiro atoms. The number of methoxy groups -OCH3 is 1. The summed E-state index contributed by atoms with van der Waals surface area (Å²) in [5, 5.41) is 25.2. The van der Waals surface area contributed by atoms with Gasteiger partial charge in [0.25, 0.3) is 0 Å². The van der Waals surface area contributed by atoms with Crippen LogP contribution in [-0.4, -0.2) is 57.0 Å². The number of ether oxygens (including phenoxy) is 1. The molecule has 15 heteroatoms. The molecular weight excluding hydrogens is 567 g/mol. The first kappa shape index (κ1) is 29.5. The van der Waals surface area contributed by atoms with Gasteiger partial charge in [-0.3, -0.25) is 10.1 Å². The number of benzene rings is 1. The molecule has 0 fully saturated rings. The van der Waals surface area contributed by atoms with Crippen LogP contribution >= 0.6 is 11.3 Å². The van der Waals surface area contributed by atoms with Crippen molar-refractivity contribution in [2.45, 2.75) is 26.1 Å². The lowest BCUT2D eigenvalue weighted by Gasteiger charge is -2.20. The van der Waals surface area contributed by atoms with Crippen LogP contribution in [0.3, 0.4) is 0 Å². The number of carboxylic acids is 1. The largest absolute Gasteiger partial charge is 0.496 e. The number of urea groups is 1. The van der Waals surface area contributed by atoms with Crippen LogP contribution in [0.15, 0.2) is 40.8 Å². The summed E-state index contributed by atoms with van der Waals surface area (Å²) in [6, 6.07) is 2.97. The third-order valence-electron chi connectivity index (χ3n) is 6.12. The Morgan fingerprint density at radius 2 is 1.93 bits per heavy atom. The second-order valence-electron chi connectivity index (χ2n) is 8.82. The average molecular weight is 592 g/mol. The van der Waals surface area contributed by atoms with Crippen LogP contribution in [0.5, 0.6) is 5.75 Å². The maximum atomic E-state index is 13.4. The van der Waals surface area contributed by atoms with Crippen LogP contribution in [0.25, 0.3) is 32.6 Å². The third-order valence-corrected chi connectivity index (χ3v) is 7.00. The summed E-state index contributed by atoms with van der Waals surface area (Å²) >= 11 is 0.713. The number of aliphatic hydroxyl groups excluding tert-OH is 1. The molecule has 1 atom stereocenters. The molecule has 41 heavy (non-hydrogen) atoms. The lowest BCUT2D eigenvalue weighted by Crippen LogP contribution is -2.28. The highest BCUT2D eigenvalue weighted by atomic mass is 32.1. The number of thiazole rings is 1. The Hall–Kier alpha value is -4.50. The molecule has 0 bridgehead atoms. The first-order valence-corrected chi connectivity index (χ1v) is 13.0. The van der Waals surface area contributed by atoms with Gasteiger partial charge in [-0.2, -0.15) is 13.2 Å². The van der Waals surface area contributed by atoms with E-state index >= 15 is 0 Å². The van der Waals surface area contributed by atoms with E-state index in [1.165, 1.54) is 36.1 Å². The number of anilines is 1. The van der Waals surface area contributed by atoms with E-state index in [0.29, 0.717) is 17.9 Å². The minimum atomic E-state index is -4.70. The van der Waals surface area contributed by atoms with Crippen molar-refractivity contribution in [1.29, 1.82) is 0 Å². The molecule has 0 aliphatic carbocycles. The van der Waals surface area contributed by atoms with Gasteiger partial charge in [-0.15, -0.1) is 11.3 Å². The highest BCUT2D eigenvalue weighted by molar-refractivity contribution is 7.13. The van der Waals surface area contributed by atoms with Gasteiger partial charge in [0.05, 0.1) is 25.3 Å².